The predicted molar refractivity (Wildman–Crippen MR) is 88.6 cm³/mol. The smallest absolute Gasteiger partial charge is 0.266 e. The Morgan fingerprint density at radius 2 is 2.00 bits per heavy atom. The highest BCUT2D eigenvalue weighted by Gasteiger charge is 2.18. The lowest BCUT2D eigenvalue weighted by Crippen LogP contribution is -2.11. The second-order valence-corrected chi connectivity index (χ2v) is 7.14. The first kappa shape index (κ1) is 13.6. The van der Waals surface area contributed by atoms with Gasteiger partial charge in [0.25, 0.3) is 5.91 Å². The Labute approximate surface area is 130 Å². The number of nitrogens with one attached hydrogen (secondary N) is 1. The topological polar surface area (TPSA) is 29.1 Å². The number of hydrogen-bond donors (Lipinski definition) is 1. The number of fused-ring (bicyclic) bond motifs is 1. The molecule has 0 spiro atoms. The lowest BCUT2D eigenvalue weighted by atomic mass is 10.1. The maximum Gasteiger partial charge on any atom is 0.266 e. The Bertz CT molecular complexity index is 803. The minimum Gasteiger partial charge on any atom is -0.320 e. The zero-order valence-corrected chi connectivity index (χ0v) is 13.4. The van der Waals surface area contributed by atoms with Crippen LogP contribution in [-0.4, -0.2) is 5.91 Å². The van der Waals surface area contributed by atoms with E-state index < -0.39 is 0 Å². The molecule has 0 saturated heterocycles. The lowest BCUT2D eigenvalue weighted by molar-refractivity contribution is 0.103. The molecule has 1 amide bonds. The average Bonchev–Trinajstić information content (AvgIpc) is 2.94. The number of para-hydroxylation sites is 1. The number of aryl methyl sites for hydroxylation is 2. The van der Waals surface area contributed by atoms with Crippen molar-refractivity contribution in [2.75, 3.05) is 5.32 Å². The standard InChI is InChI=1S/C15H12ClNOS2/c1-8-7-19-15-12(8)9(2)13(20-15)14(18)17-11-6-4-3-5-10(11)16/h3-7H,1-2H3,(H,17,18). The third kappa shape index (κ3) is 2.24. The fourth-order valence-corrected chi connectivity index (χ4v) is 4.79. The van der Waals surface area contributed by atoms with Gasteiger partial charge in [-0.25, -0.2) is 0 Å². The van der Waals surface area contributed by atoms with Gasteiger partial charge in [0.05, 0.1) is 19.6 Å². The molecule has 0 aliphatic carbocycles. The van der Waals surface area contributed by atoms with Crippen LogP contribution >= 0.6 is 34.3 Å². The Morgan fingerprint density at radius 3 is 2.70 bits per heavy atom. The lowest BCUT2D eigenvalue weighted by Gasteiger charge is -2.06. The van der Waals surface area contributed by atoms with Crippen molar-refractivity contribution in [2.45, 2.75) is 13.8 Å². The maximum absolute atomic E-state index is 12.4. The van der Waals surface area contributed by atoms with Gasteiger partial charge in [0.2, 0.25) is 0 Å². The van der Waals surface area contributed by atoms with Gasteiger partial charge < -0.3 is 5.32 Å². The maximum atomic E-state index is 12.4. The Balaban J connectivity index is 1.97. The first-order valence-corrected chi connectivity index (χ1v) is 8.18. The predicted octanol–water partition coefficient (Wildman–Crippen LogP) is 5.49. The van der Waals surface area contributed by atoms with Gasteiger partial charge in [-0.1, -0.05) is 23.7 Å². The van der Waals surface area contributed by atoms with E-state index in [4.69, 9.17) is 11.6 Å². The van der Waals surface area contributed by atoms with Gasteiger partial charge in [0, 0.05) is 5.39 Å². The molecule has 0 aliphatic rings. The molecule has 0 atom stereocenters. The van der Waals surface area contributed by atoms with E-state index in [2.05, 4.69) is 17.6 Å². The number of hydrogen-bond acceptors (Lipinski definition) is 3. The SMILES string of the molecule is Cc1csc2sc(C(=O)Nc3ccccc3Cl)c(C)c12. The third-order valence-corrected chi connectivity index (χ3v) is 6.02. The van der Waals surface area contributed by atoms with Crippen LogP contribution in [0.3, 0.4) is 0 Å². The molecule has 1 aromatic carbocycles. The molecule has 2 nitrogen and oxygen atoms in total. The van der Waals surface area contributed by atoms with E-state index in [9.17, 15) is 4.79 Å². The van der Waals surface area contributed by atoms with Crippen LogP contribution in [0.1, 0.15) is 20.8 Å². The zero-order valence-electron chi connectivity index (χ0n) is 11.0. The van der Waals surface area contributed by atoms with Gasteiger partial charge >= 0.3 is 0 Å². The molecule has 0 radical (unpaired) electrons. The van der Waals surface area contributed by atoms with Gasteiger partial charge in [-0.3, -0.25) is 4.79 Å². The molecule has 3 rings (SSSR count). The summed E-state index contributed by atoms with van der Waals surface area (Å²) in [5, 5.41) is 6.77. The summed E-state index contributed by atoms with van der Waals surface area (Å²) in [5.41, 5.74) is 2.93. The van der Waals surface area contributed by atoms with Crippen molar-refractivity contribution in [3.05, 3.63) is 50.7 Å². The molecule has 1 N–H and O–H groups in total. The fourth-order valence-electron chi connectivity index (χ4n) is 2.19. The molecule has 2 aromatic heterocycles. The van der Waals surface area contributed by atoms with Gasteiger partial charge in [0.15, 0.2) is 0 Å². The van der Waals surface area contributed by atoms with Gasteiger partial charge in [-0.15, -0.1) is 22.7 Å². The minimum absolute atomic E-state index is 0.0941. The van der Waals surface area contributed by atoms with Crippen LogP contribution < -0.4 is 5.32 Å². The largest absolute Gasteiger partial charge is 0.320 e. The van der Waals surface area contributed by atoms with Crippen LogP contribution in [-0.2, 0) is 0 Å². The highest BCUT2D eigenvalue weighted by atomic mass is 35.5. The Hall–Kier alpha value is -1.36. The number of benzene rings is 1. The number of thiophene rings is 2. The Kier molecular flexibility index (Phi) is 3.54. The van der Waals surface area contributed by atoms with E-state index in [0.717, 1.165) is 10.4 Å². The van der Waals surface area contributed by atoms with E-state index in [1.807, 2.05) is 19.1 Å². The monoisotopic (exact) mass is 321 g/mol. The van der Waals surface area contributed by atoms with Gasteiger partial charge in [-0.2, -0.15) is 0 Å². The fraction of sp³-hybridized carbons (Fsp3) is 0.133. The molecule has 0 unspecified atom stereocenters. The van der Waals surface area contributed by atoms with Crippen molar-refractivity contribution in [1.29, 1.82) is 0 Å². The average molecular weight is 322 g/mol. The van der Waals surface area contributed by atoms with Crippen molar-refractivity contribution >= 4 is 55.3 Å². The highest BCUT2D eigenvalue weighted by molar-refractivity contribution is 7.38. The van der Waals surface area contributed by atoms with Crippen molar-refractivity contribution < 1.29 is 4.79 Å². The summed E-state index contributed by atoms with van der Waals surface area (Å²) in [5.74, 6) is -0.0941. The molecule has 0 aliphatic heterocycles. The second-order valence-electron chi connectivity index (χ2n) is 4.57. The number of amides is 1. The summed E-state index contributed by atoms with van der Waals surface area (Å²) < 4.78 is 1.20. The number of carbonyl (C=O) groups is 1. The quantitative estimate of drug-likeness (QED) is 0.664. The second kappa shape index (κ2) is 5.20. The minimum atomic E-state index is -0.0941. The molecule has 0 saturated carbocycles. The summed E-state index contributed by atoms with van der Waals surface area (Å²) >= 11 is 9.30. The van der Waals surface area contributed by atoms with Crippen LogP contribution in [0.25, 0.3) is 9.40 Å². The molecule has 2 heterocycles. The summed E-state index contributed by atoms with van der Waals surface area (Å²) in [7, 11) is 0. The Morgan fingerprint density at radius 1 is 1.25 bits per heavy atom. The van der Waals surface area contributed by atoms with E-state index in [1.54, 1.807) is 34.8 Å². The number of halogens is 1. The first-order chi connectivity index (χ1) is 9.58. The molecule has 20 heavy (non-hydrogen) atoms. The van der Waals surface area contributed by atoms with Crippen LogP contribution in [0, 0.1) is 13.8 Å². The van der Waals surface area contributed by atoms with Gasteiger partial charge in [0.1, 0.15) is 0 Å². The van der Waals surface area contributed by atoms with E-state index in [1.165, 1.54) is 15.0 Å². The summed E-state index contributed by atoms with van der Waals surface area (Å²) in [6.45, 7) is 4.08. The van der Waals surface area contributed by atoms with E-state index in [-0.39, 0.29) is 5.91 Å². The van der Waals surface area contributed by atoms with Crippen molar-refractivity contribution in [3.8, 4) is 0 Å². The summed E-state index contributed by atoms with van der Waals surface area (Å²) in [6, 6.07) is 7.26. The molecular formula is C15H12ClNOS2. The van der Waals surface area contributed by atoms with Crippen LogP contribution in [0.4, 0.5) is 5.69 Å². The van der Waals surface area contributed by atoms with Crippen molar-refractivity contribution in [1.82, 2.24) is 0 Å². The molecular weight excluding hydrogens is 310 g/mol. The van der Waals surface area contributed by atoms with Crippen molar-refractivity contribution in [3.63, 3.8) is 0 Å². The first-order valence-electron chi connectivity index (χ1n) is 6.11. The molecule has 3 aromatic rings. The molecule has 0 bridgehead atoms. The van der Waals surface area contributed by atoms with Crippen LogP contribution in [0.15, 0.2) is 29.6 Å². The third-order valence-electron chi connectivity index (χ3n) is 3.18. The van der Waals surface area contributed by atoms with Crippen LogP contribution in [0.5, 0.6) is 0 Å². The normalized spacial score (nSPS) is 10.9. The highest BCUT2D eigenvalue weighted by Crippen LogP contribution is 2.38. The van der Waals surface area contributed by atoms with Crippen LogP contribution in [0.2, 0.25) is 5.02 Å². The molecule has 102 valence electrons. The number of rotatable bonds is 2. The number of anilines is 1. The van der Waals surface area contributed by atoms with Gasteiger partial charge in [-0.05, 0) is 42.5 Å². The molecule has 0 fully saturated rings. The number of carbonyl (C=O) groups excluding carboxylic acids is 1. The summed E-state index contributed by atoms with van der Waals surface area (Å²) in [6.07, 6.45) is 0. The van der Waals surface area contributed by atoms with E-state index in [0.29, 0.717) is 10.7 Å². The van der Waals surface area contributed by atoms with Crippen molar-refractivity contribution in [2.24, 2.45) is 0 Å². The zero-order chi connectivity index (χ0) is 14.3. The summed E-state index contributed by atoms with van der Waals surface area (Å²) in [4.78, 5) is 13.2. The molecule has 5 heteroatoms. The van der Waals surface area contributed by atoms with E-state index >= 15 is 0 Å².